The summed E-state index contributed by atoms with van der Waals surface area (Å²) in [6.07, 6.45) is -1.52. The maximum atomic E-state index is 12.5. The van der Waals surface area contributed by atoms with Crippen LogP contribution >= 0.6 is 0 Å². The molecule has 0 aromatic carbocycles. The topological polar surface area (TPSA) is 86.9 Å². The molecule has 0 unspecified atom stereocenters. The standard InChI is InChI=1S/C9H7F3N4O2/c10-9(11,12)7-6(14-4-18-7)3-16-2-5(1-15-16)8(13)17/h1-2,4H,3H2,(H2,13,17). The molecule has 0 aliphatic heterocycles. The summed E-state index contributed by atoms with van der Waals surface area (Å²) in [4.78, 5) is 14.3. The first-order valence-corrected chi connectivity index (χ1v) is 4.69. The van der Waals surface area contributed by atoms with E-state index in [9.17, 15) is 18.0 Å². The zero-order valence-corrected chi connectivity index (χ0v) is 8.81. The van der Waals surface area contributed by atoms with Gasteiger partial charge in [-0.25, -0.2) is 4.98 Å². The summed E-state index contributed by atoms with van der Waals surface area (Å²) < 4.78 is 42.8. The second-order valence-electron chi connectivity index (χ2n) is 3.42. The van der Waals surface area contributed by atoms with E-state index < -0.39 is 17.8 Å². The van der Waals surface area contributed by atoms with E-state index in [1.807, 2.05) is 0 Å². The molecule has 2 heterocycles. The van der Waals surface area contributed by atoms with Gasteiger partial charge in [0.15, 0.2) is 6.39 Å². The largest absolute Gasteiger partial charge is 0.451 e. The first-order chi connectivity index (χ1) is 8.38. The van der Waals surface area contributed by atoms with Crippen LogP contribution < -0.4 is 5.73 Å². The van der Waals surface area contributed by atoms with Gasteiger partial charge in [-0.2, -0.15) is 18.3 Å². The first-order valence-electron chi connectivity index (χ1n) is 4.69. The van der Waals surface area contributed by atoms with Crippen molar-refractivity contribution in [1.82, 2.24) is 14.8 Å². The number of carbonyl (C=O) groups excluding carboxylic acids is 1. The fraction of sp³-hybridized carbons (Fsp3) is 0.222. The predicted octanol–water partition coefficient (Wildman–Crippen LogP) is 1.04. The van der Waals surface area contributed by atoms with Gasteiger partial charge in [0.25, 0.3) is 5.91 Å². The van der Waals surface area contributed by atoms with E-state index in [2.05, 4.69) is 14.5 Å². The highest BCUT2D eigenvalue weighted by Crippen LogP contribution is 2.31. The van der Waals surface area contributed by atoms with Crippen LogP contribution in [-0.2, 0) is 12.7 Å². The molecule has 2 N–H and O–H groups in total. The summed E-state index contributed by atoms with van der Waals surface area (Å²) in [7, 11) is 0. The molecule has 2 aromatic heterocycles. The van der Waals surface area contributed by atoms with Crippen molar-refractivity contribution in [1.29, 1.82) is 0 Å². The lowest BCUT2D eigenvalue weighted by molar-refractivity contribution is -0.153. The maximum absolute atomic E-state index is 12.5. The number of hydrogen-bond donors (Lipinski definition) is 1. The van der Waals surface area contributed by atoms with E-state index >= 15 is 0 Å². The molecule has 0 atom stereocenters. The molecular formula is C9H7F3N4O2. The number of alkyl halides is 3. The molecule has 0 bridgehead atoms. The number of nitrogens with two attached hydrogens (primary N) is 1. The number of rotatable bonds is 3. The van der Waals surface area contributed by atoms with Crippen LogP contribution in [0.25, 0.3) is 0 Å². The van der Waals surface area contributed by atoms with Gasteiger partial charge in [-0.3, -0.25) is 9.48 Å². The van der Waals surface area contributed by atoms with Crippen LogP contribution in [0.2, 0.25) is 0 Å². The van der Waals surface area contributed by atoms with E-state index in [-0.39, 0.29) is 17.8 Å². The monoisotopic (exact) mass is 260 g/mol. The molecule has 0 radical (unpaired) electrons. The smallest absolute Gasteiger partial charge is 0.439 e. The minimum absolute atomic E-state index is 0.104. The van der Waals surface area contributed by atoms with Crippen LogP contribution in [0, 0.1) is 0 Å². The second-order valence-corrected chi connectivity index (χ2v) is 3.42. The lowest BCUT2D eigenvalue weighted by Crippen LogP contribution is -2.11. The van der Waals surface area contributed by atoms with E-state index in [1.54, 1.807) is 0 Å². The Morgan fingerprint density at radius 1 is 1.50 bits per heavy atom. The predicted molar refractivity (Wildman–Crippen MR) is 51.4 cm³/mol. The van der Waals surface area contributed by atoms with Gasteiger partial charge in [0.05, 0.1) is 18.3 Å². The molecule has 0 aliphatic carbocycles. The second kappa shape index (κ2) is 4.17. The van der Waals surface area contributed by atoms with Gasteiger partial charge in [0.2, 0.25) is 5.76 Å². The maximum Gasteiger partial charge on any atom is 0.451 e. The van der Waals surface area contributed by atoms with Gasteiger partial charge in [0.1, 0.15) is 5.69 Å². The van der Waals surface area contributed by atoms with Crippen molar-refractivity contribution < 1.29 is 22.4 Å². The number of nitrogens with zero attached hydrogens (tertiary/aromatic N) is 3. The highest BCUT2D eigenvalue weighted by Gasteiger charge is 2.38. The Hall–Kier alpha value is -2.32. The highest BCUT2D eigenvalue weighted by atomic mass is 19.4. The van der Waals surface area contributed by atoms with Crippen LogP contribution in [-0.4, -0.2) is 20.7 Å². The van der Waals surface area contributed by atoms with E-state index in [1.165, 1.54) is 6.20 Å². The average molecular weight is 260 g/mol. The molecule has 18 heavy (non-hydrogen) atoms. The van der Waals surface area contributed by atoms with Crippen LogP contribution in [0.1, 0.15) is 21.8 Å². The molecule has 0 saturated carbocycles. The molecule has 0 spiro atoms. The molecular weight excluding hydrogens is 253 g/mol. The Bertz CT molecular complexity index is 572. The lowest BCUT2D eigenvalue weighted by Gasteiger charge is -2.04. The molecule has 0 saturated heterocycles. The zero-order chi connectivity index (χ0) is 13.3. The van der Waals surface area contributed by atoms with Crippen molar-refractivity contribution >= 4 is 5.91 Å². The number of aromatic nitrogens is 3. The van der Waals surface area contributed by atoms with Gasteiger partial charge >= 0.3 is 6.18 Å². The average Bonchev–Trinajstić information content (AvgIpc) is 2.85. The number of primary amides is 1. The van der Waals surface area contributed by atoms with Crippen molar-refractivity contribution in [3.05, 3.63) is 35.8 Å². The molecule has 9 heteroatoms. The van der Waals surface area contributed by atoms with Crippen LogP contribution in [0.4, 0.5) is 13.2 Å². The van der Waals surface area contributed by atoms with Crippen LogP contribution in [0.5, 0.6) is 0 Å². The van der Waals surface area contributed by atoms with Gasteiger partial charge in [-0.15, -0.1) is 0 Å². The first kappa shape index (κ1) is 12.1. The van der Waals surface area contributed by atoms with E-state index in [0.717, 1.165) is 10.9 Å². The third-order valence-electron chi connectivity index (χ3n) is 2.13. The number of amides is 1. The van der Waals surface area contributed by atoms with Gasteiger partial charge < -0.3 is 10.2 Å². The molecule has 2 rings (SSSR count). The molecule has 1 amide bonds. The Morgan fingerprint density at radius 3 is 2.78 bits per heavy atom. The number of carbonyl (C=O) groups is 1. The Balaban J connectivity index is 2.24. The fourth-order valence-corrected chi connectivity index (χ4v) is 1.34. The normalized spacial score (nSPS) is 11.7. The quantitative estimate of drug-likeness (QED) is 0.893. The van der Waals surface area contributed by atoms with Gasteiger partial charge in [0, 0.05) is 6.20 Å². The van der Waals surface area contributed by atoms with Crippen molar-refractivity contribution in [2.45, 2.75) is 12.7 Å². The van der Waals surface area contributed by atoms with E-state index in [4.69, 9.17) is 5.73 Å². The number of hydrogen-bond acceptors (Lipinski definition) is 4. The van der Waals surface area contributed by atoms with Gasteiger partial charge in [-0.1, -0.05) is 0 Å². The summed E-state index contributed by atoms with van der Waals surface area (Å²) in [5.74, 6) is -1.89. The minimum Gasteiger partial charge on any atom is -0.439 e. The SMILES string of the molecule is NC(=O)c1cnn(Cc2ncoc2C(F)(F)F)c1. The summed E-state index contributed by atoms with van der Waals surface area (Å²) in [5, 5.41) is 3.70. The van der Waals surface area contributed by atoms with Crippen molar-refractivity contribution in [2.24, 2.45) is 5.73 Å². The fourth-order valence-electron chi connectivity index (χ4n) is 1.34. The van der Waals surface area contributed by atoms with Crippen molar-refractivity contribution in [3.63, 3.8) is 0 Å². The third-order valence-corrected chi connectivity index (χ3v) is 2.13. The van der Waals surface area contributed by atoms with Crippen molar-refractivity contribution in [2.75, 3.05) is 0 Å². The number of oxazole rings is 1. The number of halogens is 3. The Morgan fingerprint density at radius 2 is 2.22 bits per heavy atom. The van der Waals surface area contributed by atoms with Crippen LogP contribution in [0.15, 0.2) is 23.2 Å². The molecule has 0 fully saturated rings. The molecule has 96 valence electrons. The van der Waals surface area contributed by atoms with Crippen LogP contribution in [0.3, 0.4) is 0 Å². The minimum atomic E-state index is -4.62. The lowest BCUT2D eigenvalue weighted by atomic mass is 10.3. The third kappa shape index (κ3) is 2.34. The highest BCUT2D eigenvalue weighted by molar-refractivity contribution is 5.92. The zero-order valence-electron chi connectivity index (χ0n) is 8.81. The molecule has 6 nitrogen and oxygen atoms in total. The molecule has 0 aliphatic rings. The van der Waals surface area contributed by atoms with E-state index in [0.29, 0.717) is 6.39 Å². The van der Waals surface area contributed by atoms with Gasteiger partial charge in [-0.05, 0) is 0 Å². The summed E-state index contributed by atoms with van der Waals surface area (Å²) >= 11 is 0. The summed E-state index contributed by atoms with van der Waals surface area (Å²) in [5.41, 5.74) is 4.78. The molecule has 2 aromatic rings. The Labute approximate surface area is 98.2 Å². The Kier molecular flexibility index (Phi) is 2.81. The van der Waals surface area contributed by atoms with Crippen molar-refractivity contribution in [3.8, 4) is 0 Å². The summed E-state index contributed by atoms with van der Waals surface area (Å²) in [6, 6.07) is 0. The summed E-state index contributed by atoms with van der Waals surface area (Å²) in [6.45, 7) is -0.265.